The van der Waals surface area contributed by atoms with Crippen molar-refractivity contribution in [1.82, 2.24) is 4.90 Å². The highest BCUT2D eigenvalue weighted by atomic mass is 16.5. The number of Topliss-reactive ketones (excluding diaryl/α,β-unsaturated/α-hetero) is 1. The summed E-state index contributed by atoms with van der Waals surface area (Å²) in [6, 6.07) is 7.26. The molecule has 0 spiro atoms. The van der Waals surface area contributed by atoms with Gasteiger partial charge in [-0.2, -0.15) is 0 Å². The van der Waals surface area contributed by atoms with Crippen LogP contribution in [-0.2, 0) is 4.79 Å². The number of carbonyl (C=O) groups is 2. The van der Waals surface area contributed by atoms with Gasteiger partial charge in [-0.1, -0.05) is 0 Å². The van der Waals surface area contributed by atoms with Crippen LogP contribution in [0.15, 0.2) is 24.3 Å². The van der Waals surface area contributed by atoms with Crippen molar-refractivity contribution < 1.29 is 14.3 Å². The Morgan fingerprint density at radius 2 is 1.82 bits per heavy atom. The van der Waals surface area contributed by atoms with E-state index in [-0.39, 0.29) is 30.6 Å². The van der Waals surface area contributed by atoms with E-state index in [1.54, 1.807) is 24.3 Å². The smallest absolute Gasteiger partial charge is 0.223 e. The van der Waals surface area contributed by atoms with E-state index in [1.807, 2.05) is 11.8 Å². The van der Waals surface area contributed by atoms with E-state index in [1.165, 1.54) is 0 Å². The molecule has 2 N–H and O–H groups in total. The molecule has 1 amide bonds. The monoisotopic (exact) mass is 304 g/mol. The first-order valence-corrected chi connectivity index (χ1v) is 7.89. The van der Waals surface area contributed by atoms with Gasteiger partial charge in [0.2, 0.25) is 5.91 Å². The molecule has 0 unspecified atom stereocenters. The Morgan fingerprint density at radius 1 is 1.18 bits per heavy atom. The van der Waals surface area contributed by atoms with Crippen LogP contribution in [0.1, 0.15) is 43.0 Å². The normalized spacial score (nSPS) is 15.6. The van der Waals surface area contributed by atoms with Crippen molar-refractivity contribution >= 4 is 11.7 Å². The maximum Gasteiger partial charge on any atom is 0.223 e. The van der Waals surface area contributed by atoms with Crippen molar-refractivity contribution in [2.45, 2.75) is 38.6 Å². The minimum absolute atomic E-state index is 0.00916. The number of ether oxygens (including phenoxy) is 1. The minimum Gasteiger partial charge on any atom is -0.494 e. The maximum absolute atomic E-state index is 12.1. The first-order valence-electron chi connectivity index (χ1n) is 7.89. The highest BCUT2D eigenvalue weighted by Crippen LogP contribution is 2.15. The highest BCUT2D eigenvalue weighted by Gasteiger charge is 2.21. The number of ketones is 1. The molecule has 1 heterocycles. The van der Waals surface area contributed by atoms with Crippen molar-refractivity contribution in [3.05, 3.63) is 29.8 Å². The Bertz CT molecular complexity index is 505. The van der Waals surface area contributed by atoms with Crippen LogP contribution in [0.4, 0.5) is 0 Å². The topological polar surface area (TPSA) is 72.6 Å². The number of hydrogen-bond acceptors (Lipinski definition) is 4. The molecule has 0 saturated carbocycles. The summed E-state index contributed by atoms with van der Waals surface area (Å²) in [5.74, 6) is 0.788. The Balaban J connectivity index is 1.80. The van der Waals surface area contributed by atoms with Crippen molar-refractivity contribution in [3.8, 4) is 5.75 Å². The number of amides is 1. The molecule has 5 heteroatoms. The van der Waals surface area contributed by atoms with Gasteiger partial charge in [0.1, 0.15) is 5.75 Å². The van der Waals surface area contributed by atoms with E-state index in [9.17, 15) is 9.59 Å². The number of likely N-dealkylation sites (tertiary alicyclic amines) is 1. The van der Waals surface area contributed by atoms with Crippen molar-refractivity contribution in [2.24, 2.45) is 5.73 Å². The summed E-state index contributed by atoms with van der Waals surface area (Å²) in [7, 11) is 0. The molecule has 1 saturated heterocycles. The Labute approximate surface area is 131 Å². The fourth-order valence-corrected chi connectivity index (χ4v) is 2.58. The number of benzene rings is 1. The molecule has 1 fully saturated rings. The van der Waals surface area contributed by atoms with Crippen LogP contribution >= 0.6 is 0 Å². The second-order valence-electron chi connectivity index (χ2n) is 5.60. The molecule has 5 nitrogen and oxygen atoms in total. The fraction of sp³-hybridized carbons (Fsp3) is 0.529. The van der Waals surface area contributed by atoms with Crippen LogP contribution in [0.2, 0.25) is 0 Å². The van der Waals surface area contributed by atoms with E-state index in [4.69, 9.17) is 10.5 Å². The van der Waals surface area contributed by atoms with Crippen LogP contribution in [-0.4, -0.2) is 42.3 Å². The lowest BCUT2D eigenvalue weighted by Crippen LogP contribution is -2.42. The number of nitrogens with two attached hydrogens (primary N) is 1. The van der Waals surface area contributed by atoms with E-state index < -0.39 is 0 Å². The molecule has 1 aliphatic rings. The summed E-state index contributed by atoms with van der Waals surface area (Å²) < 4.78 is 5.34. The molecule has 0 radical (unpaired) electrons. The predicted molar refractivity (Wildman–Crippen MR) is 85.0 cm³/mol. The van der Waals surface area contributed by atoms with E-state index in [0.29, 0.717) is 25.3 Å². The van der Waals surface area contributed by atoms with Gasteiger partial charge in [-0.05, 0) is 44.0 Å². The van der Waals surface area contributed by atoms with Gasteiger partial charge in [0.15, 0.2) is 5.78 Å². The van der Waals surface area contributed by atoms with E-state index in [2.05, 4.69) is 0 Å². The molecular formula is C17H24N2O3. The molecular weight excluding hydrogens is 280 g/mol. The van der Waals surface area contributed by atoms with Crippen LogP contribution < -0.4 is 10.5 Å². The third kappa shape index (κ3) is 4.56. The van der Waals surface area contributed by atoms with Crippen molar-refractivity contribution in [3.63, 3.8) is 0 Å². The fourth-order valence-electron chi connectivity index (χ4n) is 2.58. The standard InChI is InChI=1S/C17H24N2O3/c1-2-22-15-5-3-13(4-6-15)16(20)7-8-17(21)19-11-9-14(18)10-12-19/h3-6,14H,2,7-12,18H2,1H3. The van der Waals surface area contributed by atoms with Gasteiger partial charge in [-0.25, -0.2) is 0 Å². The maximum atomic E-state index is 12.1. The van der Waals surface area contributed by atoms with Crippen LogP contribution in [0, 0.1) is 0 Å². The summed E-state index contributed by atoms with van der Waals surface area (Å²) in [5.41, 5.74) is 6.45. The number of piperidine rings is 1. The third-order valence-electron chi connectivity index (χ3n) is 3.95. The van der Waals surface area contributed by atoms with Crippen LogP contribution in [0.3, 0.4) is 0 Å². The number of hydrogen-bond donors (Lipinski definition) is 1. The third-order valence-corrected chi connectivity index (χ3v) is 3.95. The lowest BCUT2D eigenvalue weighted by Gasteiger charge is -2.30. The summed E-state index contributed by atoms with van der Waals surface area (Å²) in [6.45, 7) is 3.92. The minimum atomic E-state index is -0.00916. The van der Waals surface area contributed by atoms with Gasteiger partial charge in [0.05, 0.1) is 6.61 Å². The summed E-state index contributed by atoms with van der Waals surface area (Å²) in [4.78, 5) is 26.0. The van der Waals surface area contributed by atoms with E-state index in [0.717, 1.165) is 18.6 Å². The molecule has 1 aliphatic heterocycles. The molecule has 0 aromatic heterocycles. The van der Waals surface area contributed by atoms with Crippen molar-refractivity contribution in [1.29, 1.82) is 0 Å². The van der Waals surface area contributed by atoms with Crippen LogP contribution in [0.5, 0.6) is 5.75 Å². The average molecular weight is 304 g/mol. The molecule has 1 aromatic carbocycles. The molecule has 0 aliphatic carbocycles. The number of carbonyl (C=O) groups excluding carboxylic acids is 2. The van der Waals surface area contributed by atoms with Gasteiger partial charge in [0.25, 0.3) is 0 Å². The van der Waals surface area contributed by atoms with Gasteiger partial charge < -0.3 is 15.4 Å². The van der Waals surface area contributed by atoms with Gasteiger partial charge in [0, 0.05) is 37.5 Å². The Hall–Kier alpha value is -1.88. The second kappa shape index (κ2) is 7.94. The first kappa shape index (κ1) is 16.5. The predicted octanol–water partition coefficient (Wildman–Crippen LogP) is 2.00. The molecule has 2 rings (SSSR count). The lowest BCUT2D eigenvalue weighted by molar-refractivity contribution is -0.132. The highest BCUT2D eigenvalue weighted by molar-refractivity contribution is 5.98. The zero-order valence-corrected chi connectivity index (χ0v) is 13.1. The molecule has 0 bridgehead atoms. The number of nitrogens with zero attached hydrogens (tertiary/aromatic N) is 1. The van der Waals surface area contributed by atoms with Crippen LogP contribution in [0.25, 0.3) is 0 Å². The average Bonchev–Trinajstić information content (AvgIpc) is 2.54. The quantitative estimate of drug-likeness (QED) is 0.816. The van der Waals surface area contributed by atoms with Gasteiger partial charge in [-0.3, -0.25) is 9.59 Å². The molecule has 1 aromatic rings. The first-order chi connectivity index (χ1) is 10.6. The summed E-state index contributed by atoms with van der Waals surface area (Å²) in [6.07, 6.45) is 2.20. The van der Waals surface area contributed by atoms with E-state index >= 15 is 0 Å². The zero-order chi connectivity index (χ0) is 15.9. The molecule has 120 valence electrons. The second-order valence-corrected chi connectivity index (χ2v) is 5.60. The molecule has 22 heavy (non-hydrogen) atoms. The largest absolute Gasteiger partial charge is 0.494 e. The molecule has 0 atom stereocenters. The van der Waals surface area contributed by atoms with Crippen molar-refractivity contribution in [2.75, 3.05) is 19.7 Å². The lowest BCUT2D eigenvalue weighted by atomic mass is 10.0. The Morgan fingerprint density at radius 3 is 2.41 bits per heavy atom. The zero-order valence-electron chi connectivity index (χ0n) is 13.1. The number of rotatable bonds is 6. The summed E-state index contributed by atoms with van der Waals surface area (Å²) >= 11 is 0. The van der Waals surface area contributed by atoms with Gasteiger partial charge in [-0.15, -0.1) is 0 Å². The van der Waals surface area contributed by atoms with Gasteiger partial charge >= 0.3 is 0 Å². The Kier molecular flexibility index (Phi) is 5.95. The SMILES string of the molecule is CCOc1ccc(C(=O)CCC(=O)N2CCC(N)CC2)cc1. The summed E-state index contributed by atoms with van der Waals surface area (Å²) in [5, 5.41) is 0.